The van der Waals surface area contributed by atoms with Gasteiger partial charge in [0.2, 0.25) is 0 Å². The lowest BCUT2D eigenvalue weighted by Gasteiger charge is -2.17. The zero-order chi connectivity index (χ0) is 18.6. The first-order chi connectivity index (χ1) is 12.4. The Morgan fingerprint density at radius 1 is 0.731 bits per heavy atom. The van der Waals surface area contributed by atoms with Crippen LogP contribution in [0.25, 0.3) is 22.1 Å². The fourth-order valence-corrected chi connectivity index (χ4v) is 3.56. The number of fused-ring (bicyclic) bond motifs is 2. The summed E-state index contributed by atoms with van der Waals surface area (Å²) in [5.41, 5.74) is 5.57. The highest BCUT2D eigenvalue weighted by molar-refractivity contribution is 5.80. The van der Waals surface area contributed by atoms with Crippen molar-refractivity contribution in [2.24, 2.45) is 14.1 Å². The van der Waals surface area contributed by atoms with Gasteiger partial charge in [-0.05, 0) is 37.1 Å². The van der Waals surface area contributed by atoms with E-state index >= 15 is 0 Å². The van der Waals surface area contributed by atoms with E-state index in [0.29, 0.717) is 11.6 Å². The fourth-order valence-electron chi connectivity index (χ4n) is 3.56. The summed E-state index contributed by atoms with van der Waals surface area (Å²) in [6, 6.07) is 11.8. The van der Waals surface area contributed by atoms with Crippen LogP contribution in [0.1, 0.15) is 35.0 Å². The molecule has 0 spiro atoms. The van der Waals surface area contributed by atoms with Crippen molar-refractivity contribution in [2.45, 2.75) is 26.1 Å². The van der Waals surface area contributed by atoms with Crippen molar-refractivity contribution in [1.29, 1.82) is 0 Å². The zero-order valence-corrected chi connectivity index (χ0v) is 15.3. The van der Waals surface area contributed by atoms with Crippen molar-refractivity contribution in [2.75, 3.05) is 0 Å². The maximum absolute atomic E-state index is 10.8. The van der Waals surface area contributed by atoms with Crippen molar-refractivity contribution in [1.82, 2.24) is 19.1 Å². The first kappa shape index (κ1) is 16.8. The van der Waals surface area contributed by atoms with Crippen molar-refractivity contribution in [3.8, 4) is 0 Å². The van der Waals surface area contributed by atoms with E-state index in [-0.39, 0.29) is 0 Å². The maximum atomic E-state index is 10.8. The number of hydrogen-bond donors (Lipinski definition) is 2. The molecule has 2 unspecified atom stereocenters. The average Bonchev–Trinajstić information content (AvgIpc) is 3.14. The number of nitrogens with zero attached hydrogens (tertiary/aromatic N) is 4. The van der Waals surface area contributed by atoms with Crippen molar-refractivity contribution in [3.05, 3.63) is 59.2 Å². The van der Waals surface area contributed by atoms with Crippen LogP contribution in [-0.4, -0.2) is 29.3 Å². The lowest BCUT2D eigenvalue weighted by atomic mass is 10.2. The van der Waals surface area contributed by atoms with Crippen LogP contribution in [0, 0.1) is 13.8 Å². The summed E-state index contributed by atoms with van der Waals surface area (Å²) in [5, 5.41) is 21.7. The molecule has 4 aromatic rings. The molecule has 6 heteroatoms. The second-order valence-electron chi connectivity index (χ2n) is 6.83. The van der Waals surface area contributed by atoms with Gasteiger partial charge in [-0.2, -0.15) is 0 Å². The predicted octanol–water partition coefficient (Wildman–Crippen LogP) is 2.84. The van der Waals surface area contributed by atoms with E-state index in [4.69, 9.17) is 0 Å². The van der Waals surface area contributed by atoms with E-state index in [1.807, 2.05) is 73.5 Å². The molecular formula is C20H22N4O2. The Morgan fingerprint density at radius 3 is 1.46 bits per heavy atom. The number of imidazole rings is 2. The lowest BCUT2D eigenvalue weighted by molar-refractivity contribution is 0.00394. The van der Waals surface area contributed by atoms with Gasteiger partial charge in [0.25, 0.3) is 0 Å². The van der Waals surface area contributed by atoms with Gasteiger partial charge in [-0.25, -0.2) is 9.97 Å². The molecule has 4 rings (SSSR count). The molecule has 0 bridgehead atoms. The molecule has 6 nitrogen and oxygen atoms in total. The van der Waals surface area contributed by atoms with Gasteiger partial charge in [-0.15, -0.1) is 0 Å². The highest BCUT2D eigenvalue weighted by Crippen LogP contribution is 2.32. The van der Waals surface area contributed by atoms with E-state index in [1.54, 1.807) is 0 Å². The third kappa shape index (κ3) is 2.34. The summed E-state index contributed by atoms with van der Waals surface area (Å²) in [5.74, 6) is 0.844. The summed E-state index contributed by atoms with van der Waals surface area (Å²) in [6.07, 6.45) is -2.36. The molecule has 0 saturated heterocycles. The molecule has 0 aliphatic heterocycles. The van der Waals surface area contributed by atoms with Crippen LogP contribution in [-0.2, 0) is 14.1 Å². The van der Waals surface area contributed by atoms with Crippen molar-refractivity contribution >= 4 is 22.1 Å². The highest BCUT2D eigenvalue weighted by Gasteiger charge is 2.29. The molecule has 2 heterocycles. The second kappa shape index (κ2) is 5.93. The summed E-state index contributed by atoms with van der Waals surface area (Å²) in [7, 11) is 3.69. The van der Waals surface area contributed by atoms with Gasteiger partial charge in [0.1, 0.15) is 23.9 Å². The molecule has 134 valence electrons. The minimum atomic E-state index is -1.18. The molecule has 0 radical (unpaired) electrons. The van der Waals surface area contributed by atoms with E-state index in [9.17, 15) is 10.2 Å². The monoisotopic (exact) mass is 350 g/mol. The first-order valence-corrected chi connectivity index (χ1v) is 8.60. The van der Waals surface area contributed by atoms with Crippen LogP contribution in [0.2, 0.25) is 0 Å². The Bertz CT molecular complexity index is 1040. The molecular weight excluding hydrogens is 328 g/mol. The van der Waals surface area contributed by atoms with Crippen molar-refractivity contribution < 1.29 is 10.2 Å². The van der Waals surface area contributed by atoms with Gasteiger partial charge in [-0.3, -0.25) is 0 Å². The van der Waals surface area contributed by atoms with Crippen LogP contribution >= 0.6 is 0 Å². The number of aryl methyl sites for hydroxylation is 4. The van der Waals surface area contributed by atoms with Crippen LogP contribution < -0.4 is 0 Å². The number of aliphatic hydroxyl groups is 2. The number of aromatic nitrogens is 4. The SMILES string of the molecule is Cc1cccc2c1nc(C(O)C(O)c1nc3c(C)cccc3n1C)n2C. The molecule has 2 N–H and O–H groups in total. The van der Waals surface area contributed by atoms with Crippen LogP contribution in [0.4, 0.5) is 0 Å². The minimum absolute atomic E-state index is 0.422. The lowest BCUT2D eigenvalue weighted by Crippen LogP contribution is -2.17. The third-order valence-electron chi connectivity index (χ3n) is 5.12. The quantitative estimate of drug-likeness (QED) is 0.596. The number of aliphatic hydroxyl groups excluding tert-OH is 2. The molecule has 26 heavy (non-hydrogen) atoms. The average molecular weight is 350 g/mol. The second-order valence-corrected chi connectivity index (χ2v) is 6.83. The molecule has 0 fully saturated rings. The smallest absolute Gasteiger partial charge is 0.145 e. The molecule has 0 aliphatic carbocycles. The Hall–Kier alpha value is -2.70. The van der Waals surface area contributed by atoms with Crippen LogP contribution in [0.15, 0.2) is 36.4 Å². The Balaban J connectivity index is 1.81. The molecule has 0 saturated carbocycles. The third-order valence-corrected chi connectivity index (χ3v) is 5.12. The van der Waals surface area contributed by atoms with E-state index < -0.39 is 12.2 Å². The fraction of sp³-hybridized carbons (Fsp3) is 0.300. The summed E-state index contributed by atoms with van der Waals surface area (Å²) >= 11 is 0. The summed E-state index contributed by atoms with van der Waals surface area (Å²) in [4.78, 5) is 9.15. The van der Waals surface area contributed by atoms with E-state index in [0.717, 1.165) is 33.2 Å². The van der Waals surface area contributed by atoms with Gasteiger partial charge < -0.3 is 19.3 Å². The largest absolute Gasteiger partial charge is 0.382 e. The molecule has 2 aromatic heterocycles. The molecule has 0 amide bonds. The van der Waals surface area contributed by atoms with Gasteiger partial charge >= 0.3 is 0 Å². The van der Waals surface area contributed by atoms with E-state index in [1.165, 1.54) is 0 Å². The van der Waals surface area contributed by atoms with Crippen molar-refractivity contribution in [3.63, 3.8) is 0 Å². The Kier molecular flexibility index (Phi) is 3.82. The summed E-state index contributed by atoms with van der Waals surface area (Å²) in [6.45, 7) is 3.96. The zero-order valence-electron chi connectivity index (χ0n) is 15.3. The number of benzene rings is 2. The molecule has 2 atom stereocenters. The Labute approximate surface area is 151 Å². The standard InChI is InChI=1S/C20H22N4O2/c1-11-7-5-9-13-15(11)21-19(23(13)3)17(25)18(26)20-22-16-12(2)8-6-10-14(16)24(20)4/h5-10,17-18,25-26H,1-4H3. The van der Waals surface area contributed by atoms with Crippen LogP contribution in [0.5, 0.6) is 0 Å². The topological polar surface area (TPSA) is 76.1 Å². The number of para-hydroxylation sites is 2. The maximum Gasteiger partial charge on any atom is 0.145 e. The van der Waals surface area contributed by atoms with Gasteiger partial charge in [0.05, 0.1) is 22.1 Å². The first-order valence-electron chi connectivity index (χ1n) is 8.60. The van der Waals surface area contributed by atoms with Gasteiger partial charge in [0.15, 0.2) is 0 Å². The summed E-state index contributed by atoms with van der Waals surface area (Å²) < 4.78 is 3.65. The van der Waals surface area contributed by atoms with Gasteiger partial charge in [0, 0.05) is 14.1 Å². The normalized spacial score (nSPS) is 14.2. The Morgan fingerprint density at radius 2 is 1.12 bits per heavy atom. The number of rotatable bonds is 3. The van der Waals surface area contributed by atoms with Crippen LogP contribution in [0.3, 0.4) is 0 Å². The molecule has 2 aromatic carbocycles. The highest BCUT2D eigenvalue weighted by atomic mass is 16.3. The minimum Gasteiger partial charge on any atom is -0.382 e. The predicted molar refractivity (Wildman–Crippen MR) is 101 cm³/mol. The number of hydrogen-bond acceptors (Lipinski definition) is 4. The van der Waals surface area contributed by atoms with E-state index in [2.05, 4.69) is 9.97 Å². The van der Waals surface area contributed by atoms with Gasteiger partial charge in [-0.1, -0.05) is 24.3 Å². The molecule has 0 aliphatic rings.